The fraction of sp³-hybridized carbons (Fsp3) is 0.0714. The van der Waals surface area contributed by atoms with Gasteiger partial charge in [0.1, 0.15) is 6.61 Å². The molecule has 1 heterocycles. The van der Waals surface area contributed by atoms with Crippen molar-refractivity contribution in [3.63, 3.8) is 0 Å². The molecule has 90 valence electrons. The first kappa shape index (κ1) is 11.7. The summed E-state index contributed by atoms with van der Waals surface area (Å²) in [7, 11) is 0. The van der Waals surface area contributed by atoms with Crippen molar-refractivity contribution in [1.29, 1.82) is 0 Å². The molecule has 0 atom stereocenters. The van der Waals surface area contributed by atoms with Crippen molar-refractivity contribution in [2.45, 2.75) is 6.61 Å². The zero-order valence-electron chi connectivity index (χ0n) is 9.47. The van der Waals surface area contributed by atoms with Crippen molar-refractivity contribution in [3.8, 4) is 5.19 Å². The minimum absolute atomic E-state index is 0.541. The molecular formula is C14H10BrNOS. The predicted molar refractivity (Wildman–Crippen MR) is 78.1 cm³/mol. The van der Waals surface area contributed by atoms with E-state index >= 15 is 0 Å². The number of aromatic nitrogens is 1. The zero-order chi connectivity index (χ0) is 12.4. The average molecular weight is 320 g/mol. The lowest BCUT2D eigenvalue weighted by Gasteiger charge is -2.02. The molecule has 0 N–H and O–H groups in total. The van der Waals surface area contributed by atoms with Crippen molar-refractivity contribution < 1.29 is 4.74 Å². The van der Waals surface area contributed by atoms with E-state index in [1.165, 1.54) is 0 Å². The number of nitrogens with zero attached hydrogens (tertiary/aromatic N) is 1. The zero-order valence-corrected chi connectivity index (χ0v) is 11.9. The van der Waals surface area contributed by atoms with Gasteiger partial charge in [-0.2, -0.15) is 0 Å². The third-order valence-electron chi connectivity index (χ3n) is 2.53. The summed E-state index contributed by atoms with van der Waals surface area (Å²) in [5, 5.41) is 0.719. The molecule has 0 spiro atoms. The SMILES string of the molecule is Brc1cccc(COc2nc3ccccc3s2)c1. The number of para-hydroxylation sites is 1. The summed E-state index contributed by atoms with van der Waals surface area (Å²) < 4.78 is 7.94. The second-order valence-electron chi connectivity index (χ2n) is 3.87. The molecule has 3 aromatic rings. The maximum Gasteiger partial charge on any atom is 0.274 e. The highest BCUT2D eigenvalue weighted by Crippen LogP contribution is 2.27. The minimum atomic E-state index is 0.541. The molecule has 0 saturated heterocycles. The van der Waals surface area contributed by atoms with Gasteiger partial charge in [-0.15, -0.1) is 0 Å². The highest BCUT2D eigenvalue weighted by molar-refractivity contribution is 9.10. The van der Waals surface area contributed by atoms with Crippen LogP contribution in [0, 0.1) is 0 Å². The summed E-state index contributed by atoms with van der Waals surface area (Å²) in [5.41, 5.74) is 2.12. The van der Waals surface area contributed by atoms with Crippen molar-refractivity contribution in [3.05, 3.63) is 58.6 Å². The molecule has 0 aliphatic heterocycles. The number of hydrogen-bond acceptors (Lipinski definition) is 3. The Morgan fingerprint density at radius 2 is 2.00 bits per heavy atom. The fourth-order valence-corrected chi connectivity index (χ4v) is 2.95. The first-order valence-electron chi connectivity index (χ1n) is 5.54. The topological polar surface area (TPSA) is 22.1 Å². The van der Waals surface area contributed by atoms with Crippen LogP contribution < -0.4 is 4.74 Å². The van der Waals surface area contributed by atoms with Crippen LogP contribution >= 0.6 is 27.3 Å². The molecule has 0 bridgehead atoms. The number of thiazole rings is 1. The lowest BCUT2D eigenvalue weighted by Crippen LogP contribution is -1.94. The van der Waals surface area contributed by atoms with E-state index in [9.17, 15) is 0 Å². The van der Waals surface area contributed by atoms with E-state index in [1.807, 2.05) is 42.5 Å². The Morgan fingerprint density at radius 1 is 1.11 bits per heavy atom. The van der Waals surface area contributed by atoms with Gasteiger partial charge < -0.3 is 4.74 Å². The lowest BCUT2D eigenvalue weighted by atomic mass is 10.2. The summed E-state index contributed by atoms with van der Waals surface area (Å²) in [4.78, 5) is 4.43. The summed E-state index contributed by atoms with van der Waals surface area (Å²) >= 11 is 5.02. The Hall–Kier alpha value is -1.39. The molecule has 0 fully saturated rings. The van der Waals surface area contributed by atoms with Crippen LogP contribution in [0.1, 0.15) is 5.56 Å². The van der Waals surface area contributed by atoms with Crippen LogP contribution in [0.25, 0.3) is 10.2 Å². The van der Waals surface area contributed by atoms with E-state index in [-0.39, 0.29) is 0 Å². The van der Waals surface area contributed by atoms with Crippen LogP contribution in [0.5, 0.6) is 5.19 Å². The number of rotatable bonds is 3. The van der Waals surface area contributed by atoms with Crippen molar-refractivity contribution in [1.82, 2.24) is 4.98 Å². The van der Waals surface area contributed by atoms with Gasteiger partial charge in [0.2, 0.25) is 0 Å². The molecule has 0 unspecified atom stereocenters. The quantitative estimate of drug-likeness (QED) is 0.701. The molecular weight excluding hydrogens is 310 g/mol. The van der Waals surface area contributed by atoms with Crippen LogP contribution in [0.4, 0.5) is 0 Å². The van der Waals surface area contributed by atoms with Gasteiger partial charge in [0.25, 0.3) is 5.19 Å². The fourth-order valence-electron chi connectivity index (χ4n) is 1.68. The lowest BCUT2D eigenvalue weighted by molar-refractivity contribution is 0.305. The van der Waals surface area contributed by atoms with Crippen LogP contribution in [0.3, 0.4) is 0 Å². The van der Waals surface area contributed by atoms with Crippen LogP contribution in [0.2, 0.25) is 0 Å². The van der Waals surface area contributed by atoms with Gasteiger partial charge >= 0.3 is 0 Å². The van der Waals surface area contributed by atoms with Crippen LogP contribution in [-0.4, -0.2) is 4.98 Å². The van der Waals surface area contributed by atoms with Gasteiger partial charge in [0.15, 0.2) is 0 Å². The van der Waals surface area contributed by atoms with Gasteiger partial charge in [-0.1, -0.05) is 51.5 Å². The van der Waals surface area contributed by atoms with E-state index in [2.05, 4.69) is 27.0 Å². The number of benzene rings is 2. The third kappa shape index (κ3) is 2.54. The number of hydrogen-bond donors (Lipinski definition) is 0. The normalized spacial score (nSPS) is 10.7. The van der Waals surface area contributed by atoms with Gasteiger partial charge in [0.05, 0.1) is 10.2 Å². The molecule has 4 heteroatoms. The molecule has 0 amide bonds. The monoisotopic (exact) mass is 319 g/mol. The Morgan fingerprint density at radius 3 is 2.83 bits per heavy atom. The van der Waals surface area contributed by atoms with E-state index in [1.54, 1.807) is 11.3 Å². The number of ether oxygens (including phenoxy) is 1. The second kappa shape index (κ2) is 5.08. The predicted octanol–water partition coefficient (Wildman–Crippen LogP) is 4.64. The Labute approximate surface area is 117 Å². The molecule has 1 aromatic heterocycles. The molecule has 3 rings (SSSR count). The van der Waals surface area contributed by atoms with Gasteiger partial charge in [-0.05, 0) is 29.8 Å². The van der Waals surface area contributed by atoms with Gasteiger partial charge in [0, 0.05) is 4.47 Å². The average Bonchev–Trinajstić information content (AvgIpc) is 2.79. The summed E-state index contributed by atoms with van der Waals surface area (Å²) in [6.45, 7) is 0.541. The highest BCUT2D eigenvalue weighted by atomic mass is 79.9. The molecule has 2 aromatic carbocycles. The van der Waals surface area contributed by atoms with Crippen molar-refractivity contribution >= 4 is 37.5 Å². The van der Waals surface area contributed by atoms with Crippen molar-refractivity contribution in [2.75, 3.05) is 0 Å². The van der Waals surface area contributed by atoms with Crippen LogP contribution in [-0.2, 0) is 6.61 Å². The minimum Gasteiger partial charge on any atom is -0.465 e. The third-order valence-corrected chi connectivity index (χ3v) is 3.97. The van der Waals surface area contributed by atoms with Gasteiger partial charge in [-0.3, -0.25) is 0 Å². The number of halogens is 1. The Bertz CT molecular complexity index is 647. The van der Waals surface area contributed by atoms with Gasteiger partial charge in [-0.25, -0.2) is 4.98 Å². The Kier molecular flexibility index (Phi) is 3.30. The summed E-state index contributed by atoms with van der Waals surface area (Å²) in [6, 6.07) is 16.1. The van der Waals surface area contributed by atoms with E-state index in [4.69, 9.17) is 4.74 Å². The summed E-state index contributed by atoms with van der Waals surface area (Å²) in [5.74, 6) is 0. The second-order valence-corrected chi connectivity index (χ2v) is 5.77. The molecule has 0 aliphatic carbocycles. The first-order valence-corrected chi connectivity index (χ1v) is 7.15. The van der Waals surface area contributed by atoms with E-state index in [0.717, 1.165) is 25.4 Å². The highest BCUT2D eigenvalue weighted by Gasteiger charge is 2.04. The molecule has 0 aliphatic rings. The molecule has 18 heavy (non-hydrogen) atoms. The summed E-state index contributed by atoms with van der Waals surface area (Å²) in [6.07, 6.45) is 0. The maximum absolute atomic E-state index is 5.72. The van der Waals surface area contributed by atoms with Crippen LogP contribution in [0.15, 0.2) is 53.0 Å². The largest absolute Gasteiger partial charge is 0.465 e. The molecule has 0 saturated carbocycles. The maximum atomic E-state index is 5.72. The van der Waals surface area contributed by atoms with E-state index < -0.39 is 0 Å². The Balaban J connectivity index is 1.76. The molecule has 2 nitrogen and oxygen atoms in total. The van der Waals surface area contributed by atoms with Crippen molar-refractivity contribution in [2.24, 2.45) is 0 Å². The first-order chi connectivity index (χ1) is 8.81. The smallest absolute Gasteiger partial charge is 0.274 e. The number of fused-ring (bicyclic) bond motifs is 1. The van der Waals surface area contributed by atoms with E-state index in [0.29, 0.717) is 6.61 Å². The standard InChI is InChI=1S/C14H10BrNOS/c15-11-5-3-4-10(8-11)9-17-14-16-12-6-1-2-7-13(12)18-14/h1-8H,9H2. The molecule has 0 radical (unpaired) electrons.